The van der Waals surface area contributed by atoms with Crippen molar-refractivity contribution in [1.82, 2.24) is 10.5 Å². The molecule has 1 aliphatic carbocycles. The van der Waals surface area contributed by atoms with Gasteiger partial charge >= 0.3 is 0 Å². The third-order valence-electron chi connectivity index (χ3n) is 4.13. The number of aromatic nitrogens is 1. The standard InChI is InChI=1S/C15H18N2O2S/c1-10-13(11(2)19-17-10)7-14(18)16-9-15(4-5-15)12-3-6-20-8-12/h3,6,8H,4-5,7,9H2,1-2H3,(H,16,18). The lowest BCUT2D eigenvalue weighted by atomic mass is 9.99. The summed E-state index contributed by atoms with van der Waals surface area (Å²) in [5.74, 6) is 0.775. The van der Waals surface area contributed by atoms with Gasteiger partial charge in [0, 0.05) is 17.5 Å². The van der Waals surface area contributed by atoms with Gasteiger partial charge in [0.05, 0.1) is 12.1 Å². The van der Waals surface area contributed by atoms with Crippen LogP contribution in [0, 0.1) is 13.8 Å². The molecule has 106 valence electrons. The minimum atomic E-state index is 0.0425. The van der Waals surface area contributed by atoms with Crippen LogP contribution in [0.1, 0.15) is 35.4 Å². The maximum Gasteiger partial charge on any atom is 0.224 e. The highest BCUT2D eigenvalue weighted by Gasteiger charge is 2.44. The Balaban J connectivity index is 1.58. The van der Waals surface area contributed by atoms with E-state index in [1.54, 1.807) is 11.3 Å². The fourth-order valence-corrected chi connectivity index (χ4v) is 3.31. The summed E-state index contributed by atoms with van der Waals surface area (Å²) in [4.78, 5) is 12.1. The summed E-state index contributed by atoms with van der Waals surface area (Å²) in [6.45, 7) is 4.44. The predicted molar refractivity (Wildman–Crippen MR) is 77.9 cm³/mol. The van der Waals surface area contributed by atoms with E-state index in [-0.39, 0.29) is 11.3 Å². The first-order valence-corrected chi connectivity index (χ1v) is 7.76. The molecule has 1 aliphatic rings. The molecule has 0 aliphatic heterocycles. The lowest BCUT2D eigenvalue weighted by Crippen LogP contribution is -2.33. The Labute approximate surface area is 122 Å². The molecular formula is C15H18N2O2S. The molecule has 5 heteroatoms. The lowest BCUT2D eigenvalue weighted by molar-refractivity contribution is -0.120. The van der Waals surface area contributed by atoms with Crippen molar-refractivity contribution >= 4 is 17.2 Å². The summed E-state index contributed by atoms with van der Waals surface area (Å²) < 4.78 is 5.08. The van der Waals surface area contributed by atoms with Gasteiger partial charge in [0.15, 0.2) is 0 Å². The zero-order valence-electron chi connectivity index (χ0n) is 11.7. The van der Waals surface area contributed by atoms with Gasteiger partial charge in [-0.3, -0.25) is 4.79 Å². The normalized spacial score (nSPS) is 16.1. The Morgan fingerprint density at radius 3 is 2.85 bits per heavy atom. The van der Waals surface area contributed by atoms with Gasteiger partial charge in [-0.25, -0.2) is 0 Å². The van der Waals surface area contributed by atoms with E-state index in [0.29, 0.717) is 6.42 Å². The third-order valence-corrected chi connectivity index (χ3v) is 4.81. The molecule has 2 aromatic rings. The lowest BCUT2D eigenvalue weighted by Gasteiger charge is -2.14. The van der Waals surface area contributed by atoms with Crippen molar-refractivity contribution in [3.63, 3.8) is 0 Å². The summed E-state index contributed by atoms with van der Waals surface area (Å²) in [6.07, 6.45) is 2.67. The Hall–Kier alpha value is -1.62. The summed E-state index contributed by atoms with van der Waals surface area (Å²) in [5, 5.41) is 11.2. The van der Waals surface area contributed by atoms with Gasteiger partial charge < -0.3 is 9.84 Å². The first kappa shape index (κ1) is 13.4. The average Bonchev–Trinajstić information content (AvgIpc) is 2.88. The SMILES string of the molecule is Cc1noc(C)c1CC(=O)NCC1(c2ccsc2)CC1. The van der Waals surface area contributed by atoms with Gasteiger partial charge in [0.2, 0.25) is 5.91 Å². The minimum Gasteiger partial charge on any atom is -0.361 e. The van der Waals surface area contributed by atoms with Crippen LogP contribution >= 0.6 is 11.3 Å². The van der Waals surface area contributed by atoms with Crippen molar-refractivity contribution in [3.05, 3.63) is 39.4 Å². The van der Waals surface area contributed by atoms with E-state index in [4.69, 9.17) is 4.52 Å². The van der Waals surface area contributed by atoms with Gasteiger partial charge in [0.1, 0.15) is 5.76 Å². The van der Waals surface area contributed by atoms with E-state index >= 15 is 0 Å². The fourth-order valence-electron chi connectivity index (χ4n) is 2.53. The fraction of sp³-hybridized carbons (Fsp3) is 0.467. The number of carbonyl (C=O) groups is 1. The zero-order valence-corrected chi connectivity index (χ0v) is 12.5. The number of thiophene rings is 1. The molecule has 0 atom stereocenters. The monoisotopic (exact) mass is 290 g/mol. The summed E-state index contributed by atoms with van der Waals surface area (Å²) in [6, 6.07) is 2.16. The summed E-state index contributed by atoms with van der Waals surface area (Å²) in [5.41, 5.74) is 3.26. The van der Waals surface area contributed by atoms with E-state index in [2.05, 4.69) is 27.3 Å². The highest BCUT2D eigenvalue weighted by Crippen LogP contribution is 2.48. The molecule has 1 N–H and O–H groups in total. The molecule has 1 saturated carbocycles. The third kappa shape index (κ3) is 2.50. The smallest absolute Gasteiger partial charge is 0.224 e. The number of amides is 1. The number of carbonyl (C=O) groups excluding carboxylic acids is 1. The number of aryl methyl sites for hydroxylation is 2. The van der Waals surface area contributed by atoms with Gasteiger partial charge in [-0.05, 0) is 49.1 Å². The van der Waals surface area contributed by atoms with E-state index in [0.717, 1.165) is 36.4 Å². The molecule has 4 nitrogen and oxygen atoms in total. The van der Waals surface area contributed by atoms with Crippen molar-refractivity contribution in [3.8, 4) is 0 Å². The Bertz CT molecular complexity index is 592. The molecule has 0 radical (unpaired) electrons. The first-order valence-electron chi connectivity index (χ1n) is 6.82. The molecule has 0 bridgehead atoms. The van der Waals surface area contributed by atoms with Crippen LogP contribution in [-0.2, 0) is 16.6 Å². The molecule has 2 heterocycles. The Morgan fingerprint density at radius 2 is 2.30 bits per heavy atom. The van der Waals surface area contributed by atoms with Crippen LogP contribution in [-0.4, -0.2) is 17.6 Å². The van der Waals surface area contributed by atoms with E-state index in [1.807, 2.05) is 13.8 Å². The topological polar surface area (TPSA) is 55.1 Å². The minimum absolute atomic E-state index is 0.0425. The highest BCUT2D eigenvalue weighted by molar-refractivity contribution is 7.08. The summed E-state index contributed by atoms with van der Waals surface area (Å²) in [7, 11) is 0. The number of nitrogens with one attached hydrogen (secondary N) is 1. The first-order chi connectivity index (χ1) is 9.61. The quantitative estimate of drug-likeness (QED) is 0.921. The zero-order chi connectivity index (χ0) is 14.2. The Morgan fingerprint density at radius 1 is 1.50 bits per heavy atom. The molecule has 0 unspecified atom stereocenters. The molecular weight excluding hydrogens is 272 g/mol. The van der Waals surface area contributed by atoms with Crippen LogP contribution < -0.4 is 5.32 Å². The molecule has 0 saturated heterocycles. The van der Waals surface area contributed by atoms with Crippen LogP contribution in [0.5, 0.6) is 0 Å². The average molecular weight is 290 g/mol. The van der Waals surface area contributed by atoms with Gasteiger partial charge in [-0.2, -0.15) is 11.3 Å². The second-order valence-corrected chi connectivity index (χ2v) is 6.33. The van der Waals surface area contributed by atoms with Crippen molar-refractivity contribution in [2.24, 2.45) is 0 Å². The van der Waals surface area contributed by atoms with Crippen LogP contribution in [0.3, 0.4) is 0 Å². The van der Waals surface area contributed by atoms with Crippen molar-refractivity contribution in [2.45, 2.75) is 38.5 Å². The van der Waals surface area contributed by atoms with Crippen molar-refractivity contribution in [1.29, 1.82) is 0 Å². The van der Waals surface area contributed by atoms with Crippen LogP contribution in [0.2, 0.25) is 0 Å². The molecule has 2 aromatic heterocycles. The molecule has 0 spiro atoms. The number of hydrogen-bond acceptors (Lipinski definition) is 4. The van der Waals surface area contributed by atoms with E-state index in [1.165, 1.54) is 5.56 Å². The van der Waals surface area contributed by atoms with E-state index < -0.39 is 0 Å². The number of nitrogens with zero attached hydrogens (tertiary/aromatic N) is 1. The van der Waals surface area contributed by atoms with Crippen LogP contribution in [0.15, 0.2) is 21.3 Å². The molecule has 20 heavy (non-hydrogen) atoms. The maximum absolute atomic E-state index is 12.1. The summed E-state index contributed by atoms with van der Waals surface area (Å²) >= 11 is 1.72. The number of hydrogen-bond donors (Lipinski definition) is 1. The van der Waals surface area contributed by atoms with Crippen molar-refractivity contribution in [2.75, 3.05) is 6.54 Å². The van der Waals surface area contributed by atoms with Crippen molar-refractivity contribution < 1.29 is 9.32 Å². The molecule has 1 fully saturated rings. The maximum atomic E-state index is 12.1. The van der Waals surface area contributed by atoms with Gasteiger partial charge in [0.25, 0.3) is 0 Å². The largest absolute Gasteiger partial charge is 0.361 e. The Kier molecular flexibility index (Phi) is 3.38. The second kappa shape index (κ2) is 5.05. The molecule has 3 rings (SSSR count). The second-order valence-electron chi connectivity index (χ2n) is 5.55. The van der Waals surface area contributed by atoms with Crippen LogP contribution in [0.25, 0.3) is 0 Å². The van der Waals surface area contributed by atoms with Gasteiger partial charge in [-0.15, -0.1) is 0 Å². The van der Waals surface area contributed by atoms with E-state index in [9.17, 15) is 4.79 Å². The molecule has 0 aromatic carbocycles. The predicted octanol–water partition coefficient (Wildman–Crippen LogP) is 2.74. The van der Waals surface area contributed by atoms with Crippen LogP contribution in [0.4, 0.5) is 0 Å². The van der Waals surface area contributed by atoms with Gasteiger partial charge in [-0.1, -0.05) is 5.16 Å². The highest BCUT2D eigenvalue weighted by atomic mass is 32.1. The number of rotatable bonds is 5. The molecule has 1 amide bonds.